The third kappa shape index (κ3) is 7.43. The molecule has 1 saturated heterocycles. The third-order valence-corrected chi connectivity index (χ3v) is 6.56. The maximum atomic E-state index is 13.2. The van der Waals surface area contributed by atoms with Gasteiger partial charge in [-0.1, -0.05) is 6.92 Å². The van der Waals surface area contributed by atoms with E-state index in [-0.39, 0.29) is 18.8 Å². The Morgan fingerprint density at radius 3 is 2.47 bits per heavy atom. The molecule has 0 unspecified atom stereocenters. The van der Waals surface area contributed by atoms with Crippen LogP contribution in [0, 0.1) is 5.63 Å². The van der Waals surface area contributed by atoms with Gasteiger partial charge in [0.1, 0.15) is 0 Å². The SMILES string of the molecule is CCCCOC(=O)N1CCN(C(=O)[C@H](C#P=O)NC(=O)c2cc(NC3CC3)nc(-c3ccccc3)n2)CC1. The number of hydrogen-bond acceptors (Lipinski definition) is 8. The van der Waals surface area contributed by atoms with Crippen LogP contribution in [0.2, 0.25) is 0 Å². The minimum atomic E-state index is -1.25. The topological polar surface area (TPSA) is 134 Å². The predicted molar refractivity (Wildman–Crippen MR) is 141 cm³/mol. The van der Waals surface area contributed by atoms with E-state index in [1.807, 2.05) is 37.3 Å². The number of aromatic nitrogens is 2. The van der Waals surface area contributed by atoms with Crippen LogP contribution in [0.5, 0.6) is 0 Å². The van der Waals surface area contributed by atoms with Crippen molar-refractivity contribution in [1.29, 1.82) is 0 Å². The molecule has 1 aliphatic carbocycles. The number of piperazine rings is 1. The zero-order valence-electron chi connectivity index (χ0n) is 21.3. The molecule has 11 nitrogen and oxygen atoms in total. The quantitative estimate of drug-likeness (QED) is 0.367. The summed E-state index contributed by atoms with van der Waals surface area (Å²) < 4.78 is 16.6. The van der Waals surface area contributed by atoms with Gasteiger partial charge in [0.2, 0.25) is 0 Å². The van der Waals surface area contributed by atoms with Gasteiger partial charge in [0, 0.05) is 0 Å². The van der Waals surface area contributed by atoms with Gasteiger partial charge in [0.15, 0.2) is 0 Å². The summed E-state index contributed by atoms with van der Waals surface area (Å²) in [5, 5.41) is 5.89. The molecule has 1 atom stereocenters. The van der Waals surface area contributed by atoms with Crippen molar-refractivity contribution in [2.75, 3.05) is 38.1 Å². The molecule has 2 N–H and O–H groups in total. The van der Waals surface area contributed by atoms with Crippen LogP contribution in [0.1, 0.15) is 43.1 Å². The molecule has 0 bridgehead atoms. The van der Waals surface area contributed by atoms with Crippen LogP contribution in [0.3, 0.4) is 0 Å². The van der Waals surface area contributed by atoms with E-state index < -0.39 is 31.9 Å². The number of benzene rings is 1. The molecule has 2 heterocycles. The van der Waals surface area contributed by atoms with Gasteiger partial charge in [-0.3, -0.25) is 0 Å². The second-order valence-electron chi connectivity index (χ2n) is 9.15. The molecular weight excluding hydrogens is 507 g/mol. The van der Waals surface area contributed by atoms with Crippen molar-refractivity contribution >= 4 is 31.6 Å². The number of nitrogens with zero attached hydrogens (tertiary/aromatic N) is 4. The van der Waals surface area contributed by atoms with E-state index in [1.54, 1.807) is 11.0 Å². The molecule has 0 radical (unpaired) electrons. The van der Waals surface area contributed by atoms with Crippen molar-refractivity contribution < 1.29 is 23.7 Å². The first kappa shape index (κ1) is 27.4. The summed E-state index contributed by atoms with van der Waals surface area (Å²) in [5.74, 6) is -0.183. The summed E-state index contributed by atoms with van der Waals surface area (Å²) in [6.07, 6.45) is 3.37. The van der Waals surface area contributed by atoms with E-state index in [2.05, 4.69) is 26.2 Å². The summed E-state index contributed by atoms with van der Waals surface area (Å²) in [5.41, 5.74) is 3.30. The molecule has 1 aliphatic heterocycles. The third-order valence-electron chi connectivity index (χ3n) is 6.20. The van der Waals surface area contributed by atoms with Crippen molar-refractivity contribution in [3.63, 3.8) is 0 Å². The fourth-order valence-corrected chi connectivity index (χ4v) is 4.17. The average Bonchev–Trinajstić information content (AvgIpc) is 3.77. The van der Waals surface area contributed by atoms with E-state index in [0.717, 1.165) is 31.2 Å². The molecule has 38 heavy (non-hydrogen) atoms. The van der Waals surface area contributed by atoms with Crippen LogP contribution >= 0.6 is 7.92 Å². The van der Waals surface area contributed by atoms with E-state index in [0.29, 0.717) is 37.4 Å². The maximum absolute atomic E-state index is 13.2. The number of anilines is 1. The Kier molecular flexibility index (Phi) is 9.51. The number of carbonyl (C=O) groups excluding carboxylic acids is 3. The van der Waals surface area contributed by atoms with Gasteiger partial charge in [-0.2, -0.15) is 0 Å². The molecule has 4 rings (SSSR count). The number of hydrogen-bond donors (Lipinski definition) is 2. The standard InChI is InChI=1S/C26H31N6O5P/c1-2-3-15-37-26(35)32-13-11-31(12-14-32)25(34)21(17-38-36)29-24(33)20-16-22(27-19-9-10-19)30-23(28-20)18-7-5-4-6-8-18/h4-8,16,19,21H,2-3,9-15H2,1H3,(H,29,33)(H,27,28,30)/t21-/m0/s1. The van der Waals surface area contributed by atoms with Crippen molar-refractivity contribution in [2.24, 2.45) is 0 Å². The number of rotatable bonds is 9. The molecule has 1 saturated carbocycles. The van der Waals surface area contributed by atoms with Crippen LogP contribution in [0.15, 0.2) is 36.4 Å². The first-order valence-corrected chi connectivity index (χ1v) is 13.6. The van der Waals surface area contributed by atoms with Gasteiger partial charge < -0.3 is 0 Å². The summed E-state index contributed by atoms with van der Waals surface area (Å²) in [6.45, 7) is 3.49. The van der Waals surface area contributed by atoms with Gasteiger partial charge in [-0.25, -0.2) is 0 Å². The van der Waals surface area contributed by atoms with E-state index in [1.165, 1.54) is 4.90 Å². The molecule has 3 amide bonds. The zero-order chi connectivity index (χ0) is 26.9. The molecule has 200 valence electrons. The molecule has 0 spiro atoms. The molecular formula is C26H31N6O5P. The van der Waals surface area contributed by atoms with Crippen molar-refractivity contribution in [1.82, 2.24) is 25.1 Å². The number of unbranched alkanes of at least 4 members (excludes halogenated alkanes) is 1. The Balaban J connectivity index is 1.43. The zero-order valence-corrected chi connectivity index (χ0v) is 22.2. The number of ether oxygens (including phenoxy) is 1. The fourth-order valence-electron chi connectivity index (χ4n) is 3.88. The van der Waals surface area contributed by atoms with Crippen molar-refractivity contribution in [3.8, 4) is 17.0 Å². The number of nitrogens with one attached hydrogen (secondary N) is 2. The fraction of sp³-hybridized carbons (Fsp3) is 0.462. The Bertz CT molecular complexity index is 1260. The average molecular weight is 539 g/mol. The van der Waals surface area contributed by atoms with Crippen molar-refractivity contribution in [2.45, 2.75) is 44.7 Å². The summed E-state index contributed by atoms with van der Waals surface area (Å²) in [7, 11) is -0.519. The summed E-state index contributed by atoms with van der Waals surface area (Å²) in [6, 6.07) is 9.89. The summed E-state index contributed by atoms with van der Waals surface area (Å²) in [4.78, 5) is 50.6. The van der Waals surface area contributed by atoms with Crippen LogP contribution in [0.25, 0.3) is 11.4 Å². The van der Waals surface area contributed by atoms with Gasteiger partial charge in [0.05, 0.1) is 0 Å². The Labute approximate surface area is 222 Å². The van der Waals surface area contributed by atoms with Gasteiger partial charge in [-0.05, 0) is 0 Å². The van der Waals surface area contributed by atoms with Crippen LogP contribution < -0.4 is 10.6 Å². The normalized spacial score (nSPS) is 15.7. The van der Waals surface area contributed by atoms with Crippen molar-refractivity contribution in [3.05, 3.63) is 42.1 Å². The van der Waals surface area contributed by atoms with Gasteiger partial charge in [-0.15, -0.1) is 0 Å². The van der Waals surface area contributed by atoms with E-state index in [9.17, 15) is 18.9 Å². The van der Waals surface area contributed by atoms with E-state index >= 15 is 0 Å². The molecule has 2 fully saturated rings. The minimum absolute atomic E-state index is 0.0730. The Morgan fingerprint density at radius 1 is 1.11 bits per heavy atom. The molecule has 1 aromatic carbocycles. The second-order valence-corrected chi connectivity index (χ2v) is 9.59. The first-order valence-electron chi connectivity index (χ1n) is 12.8. The molecule has 2 aromatic rings. The van der Waals surface area contributed by atoms with E-state index in [4.69, 9.17) is 4.74 Å². The molecule has 12 heteroatoms. The van der Waals surface area contributed by atoms with Gasteiger partial charge >= 0.3 is 215 Å². The van der Waals surface area contributed by atoms with Crippen LogP contribution in [-0.2, 0) is 14.1 Å². The predicted octanol–water partition coefficient (Wildman–Crippen LogP) is 3.15. The number of carbonyl (C=O) groups is 3. The molecule has 1 aromatic heterocycles. The summed E-state index contributed by atoms with van der Waals surface area (Å²) >= 11 is 0. The van der Waals surface area contributed by atoms with Gasteiger partial charge in [0.25, 0.3) is 0 Å². The Morgan fingerprint density at radius 2 is 1.82 bits per heavy atom. The molecule has 2 aliphatic rings. The number of amides is 3. The van der Waals surface area contributed by atoms with Crippen LogP contribution in [0.4, 0.5) is 10.6 Å². The van der Waals surface area contributed by atoms with Crippen LogP contribution in [-0.4, -0.2) is 82.5 Å². The second kappa shape index (κ2) is 13.2. The first-order chi connectivity index (χ1) is 18.5. The monoisotopic (exact) mass is 538 g/mol. The Hall–Kier alpha value is -3.68.